The standard InChI is InChI=1S/C6H4N5/c1-2-4-7-6(3-1)11-5-8-9-10-11/h1,3-5H. The molecule has 0 amide bonds. The van der Waals surface area contributed by atoms with Gasteiger partial charge < -0.3 is 0 Å². The minimum Gasteiger partial charge on any atom is -0.236 e. The number of tetrazole rings is 1. The molecule has 2 aromatic heterocycles. The first-order valence-electron chi connectivity index (χ1n) is 3.02. The number of pyridine rings is 1. The molecule has 1 radical (unpaired) electrons. The highest BCUT2D eigenvalue weighted by molar-refractivity contribution is 5.17. The van der Waals surface area contributed by atoms with Crippen LogP contribution in [0.3, 0.4) is 0 Å². The van der Waals surface area contributed by atoms with Gasteiger partial charge in [-0.05, 0) is 22.6 Å². The molecule has 0 aliphatic heterocycles. The molecule has 0 atom stereocenters. The molecule has 2 aromatic rings. The Hall–Kier alpha value is -1.78. The third-order valence-electron chi connectivity index (χ3n) is 1.18. The zero-order valence-electron chi connectivity index (χ0n) is 5.55. The molecular formula is C6H4N5. The summed E-state index contributed by atoms with van der Waals surface area (Å²) in [6, 6.07) is 6.33. The van der Waals surface area contributed by atoms with Crippen LogP contribution in [0.15, 0.2) is 24.7 Å². The summed E-state index contributed by atoms with van der Waals surface area (Å²) in [5, 5.41) is 10.6. The van der Waals surface area contributed by atoms with E-state index in [1.54, 1.807) is 18.3 Å². The Morgan fingerprint density at radius 2 is 2.45 bits per heavy atom. The van der Waals surface area contributed by atoms with Crippen LogP contribution < -0.4 is 0 Å². The first-order valence-corrected chi connectivity index (χ1v) is 3.02. The quantitative estimate of drug-likeness (QED) is 0.561. The molecule has 11 heavy (non-hydrogen) atoms. The maximum Gasteiger partial charge on any atom is 0.156 e. The number of rotatable bonds is 1. The predicted octanol–water partition coefficient (Wildman–Crippen LogP) is -0.143. The van der Waals surface area contributed by atoms with Gasteiger partial charge in [-0.25, -0.2) is 4.98 Å². The zero-order valence-corrected chi connectivity index (χ0v) is 5.55. The van der Waals surface area contributed by atoms with Crippen LogP contribution in [0.2, 0.25) is 0 Å². The summed E-state index contributed by atoms with van der Waals surface area (Å²) in [5.41, 5.74) is 0. The van der Waals surface area contributed by atoms with Crippen molar-refractivity contribution in [3.05, 3.63) is 30.7 Å². The molecule has 0 saturated heterocycles. The van der Waals surface area contributed by atoms with Crippen molar-refractivity contribution in [3.63, 3.8) is 0 Å². The van der Waals surface area contributed by atoms with Gasteiger partial charge in [-0.1, -0.05) is 0 Å². The van der Waals surface area contributed by atoms with E-state index in [0.717, 1.165) is 0 Å². The van der Waals surface area contributed by atoms with Crippen molar-refractivity contribution >= 4 is 0 Å². The highest BCUT2D eigenvalue weighted by Crippen LogP contribution is 1.95. The lowest BCUT2D eigenvalue weighted by Gasteiger charge is -1.93. The van der Waals surface area contributed by atoms with Crippen LogP contribution in [0.1, 0.15) is 0 Å². The molecule has 0 aromatic carbocycles. The van der Waals surface area contributed by atoms with Gasteiger partial charge in [0.15, 0.2) is 5.82 Å². The number of hydrogen-bond acceptors (Lipinski definition) is 4. The van der Waals surface area contributed by atoms with Crippen molar-refractivity contribution in [1.82, 2.24) is 25.2 Å². The first kappa shape index (κ1) is 5.96. The summed E-state index contributed by atoms with van der Waals surface area (Å²) in [5.74, 6) is 0.689. The predicted molar refractivity (Wildman–Crippen MR) is 35.8 cm³/mol. The van der Waals surface area contributed by atoms with E-state index < -0.39 is 0 Å². The summed E-state index contributed by atoms with van der Waals surface area (Å²) >= 11 is 0. The second-order valence-corrected chi connectivity index (χ2v) is 1.87. The van der Waals surface area contributed by atoms with Gasteiger partial charge in [0.25, 0.3) is 0 Å². The third kappa shape index (κ3) is 1.07. The molecule has 5 nitrogen and oxygen atoms in total. The van der Waals surface area contributed by atoms with Gasteiger partial charge in [0.1, 0.15) is 6.33 Å². The van der Waals surface area contributed by atoms with Crippen LogP contribution in [-0.4, -0.2) is 25.2 Å². The molecule has 0 fully saturated rings. The number of aromatic nitrogens is 5. The molecule has 5 heteroatoms. The average molecular weight is 146 g/mol. The van der Waals surface area contributed by atoms with E-state index in [1.807, 2.05) is 0 Å². The zero-order chi connectivity index (χ0) is 7.52. The van der Waals surface area contributed by atoms with Crippen molar-refractivity contribution in [2.75, 3.05) is 0 Å². The van der Waals surface area contributed by atoms with Gasteiger partial charge >= 0.3 is 0 Å². The maximum atomic E-state index is 3.99. The molecule has 0 saturated carbocycles. The topological polar surface area (TPSA) is 56.5 Å². The molecule has 53 valence electrons. The van der Waals surface area contributed by atoms with Crippen molar-refractivity contribution in [3.8, 4) is 5.82 Å². The van der Waals surface area contributed by atoms with Gasteiger partial charge in [-0.2, -0.15) is 4.68 Å². The van der Waals surface area contributed by atoms with Crippen LogP contribution in [0.5, 0.6) is 0 Å². The molecule has 2 rings (SSSR count). The van der Waals surface area contributed by atoms with E-state index >= 15 is 0 Å². The van der Waals surface area contributed by atoms with Crippen LogP contribution in [0.25, 0.3) is 5.82 Å². The van der Waals surface area contributed by atoms with Crippen LogP contribution in [0, 0.1) is 6.07 Å². The second-order valence-electron chi connectivity index (χ2n) is 1.87. The summed E-state index contributed by atoms with van der Waals surface area (Å²) < 4.78 is 1.48. The lowest BCUT2D eigenvalue weighted by Crippen LogP contribution is -1.96. The Morgan fingerprint density at radius 1 is 1.45 bits per heavy atom. The minimum absolute atomic E-state index is 0.689. The van der Waals surface area contributed by atoms with Crippen LogP contribution in [-0.2, 0) is 0 Å². The Labute approximate surface area is 62.7 Å². The summed E-state index contributed by atoms with van der Waals surface area (Å²) in [4.78, 5) is 3.99. The van der Waals surface area contributed by atoms with Gasteiger partial charge in [0.05, 0.1) is 0 Å². The van der Waals surface area contributed by atoms with E-state index in [2.05, 4.69) is 26.6 Å². The van der Waals surface area contributed by atoms with Gasteiger partial charge in [-0.15, -0.1) is 5.10 Å². The highest BCUT2D eigenvalue weighted by Gasteiger charge is 1.94. The molecule has 2 heterocycles. The van der Waals surface area contributed by atoms with Crippen LogP contribution in [0.4, 0.5) is 0 Å². The number of nitrogens with zero attached hydrogens (tertiary/aromatic N) is 5. The largest absolute Gasteiger partial charge is 0.236 e. The Kier molecular flexibility index (Phi) is 1.33. The molecule has 0 aliphatic carbocycles. The maximum absolute atomic E-state index is 3.99. The minimum atomic E-state index is 0.689. The normalized spacial score (nSPS) is 9.82. The lowest BCUT2D eigenvalue weighted by molar-refractivity contribution is 0.771. The number of hydrogen-bond donors (Lipinski definition) is 0. The highest BCUT2D eigenvalue weighted by atomic mass is 15.5. The molecule has 0 unspecified atom stereocenters. The fourth-order valence-corrected chi connectivity index (χ4v) is 0.714. The third-order valence-corrected chi connectivity index (χ3v) is 1.18. The Bertz CT molecular complexity index is 314. The average Bonchev–Trinajstić information content (AvgIpc) is 2.58. The Balaban J connectivity index is 2.46. The molecular weight excluding hydrogens is 142 g/mol. The Morgan fingerprint density at radius 3 is 3.09 bits per heavy atom. The van der Waals surface area contributed by atoms with Crippen molar-refractivity contribution in [2.24, 2.45) is 0 Å². The SMILES string of the molecule is [c]1ccc(-n2cnnn2)nc1. The fourth-order valence-electron chi connectivity index (χ4n) is 0.714. The van der Waals surface area contributed by atoms with Gasteiger partial charge in [0.2, 0.25) is 0 Å². The summed E-state index contributed by atoms with van der Waals surface area (Å²) in [6.07, 6.45) is 3.05. The van der Waals surface area contributed by atoms with Crippen molar-refractivity contribution in [2.45, 2.75) is 0 Å². The molecule has 0 aliphatic rings. The van der Waals surface area contributed by atoms with E-state index in [-0.39, 0.29) is 0 Å². The van der Waals surface area contributed by atoms with E-state index in [4.69, 9.17) is 0 Å². The van der Waals surface area contributed by atoms with Crippen LogP contribution >= 0.6 is 0 Å². The van der Waals surface area contributed by atoms with Gasteiger partial charge in [-0.3, -0.25) is 0 Å². The van der Waals surface area contributed by atoms with E-state index in [1.165, 1.54) is 11.0 Å². The van der Waals surface area contributed by atoms with Crippen molar-refractivity contribution < 1.29 is 0 Å². The summed E-state index contributed by atoms with van der Waals surface area (Å²) in [7, 11) is 0. The van der Waals surface area contributed by atoms with E-state index in [0.29, 0.717) is 5.82 Å². The monoisotopic (exact) mass is 146 g/mol. The second kappa shape index (κ2) is 2.45. The molecule has 0 spiro atoms. The lowest BCUT2D eigenvalue weighted by atomic mass is 10.5. The van der Waals surface area contributed by atoms with Gasteiger partial charge in [0, 0.05) is 12.3 Å². The fraction of sp³-hybridized carbons (Fsp3) is 0. The smallest absolute Gasteiger partial charge is 0.156 e. The summed E-state index contributed by atoms with van der Waals surface area (Å²) in [6.45, 7) is 0. The first-order chi connectivity index (χ1) is 5.47. The van der Waals surface area contributed by atoms with E-state index in [9.17, 15) is 0 Å². The molecule has 0 N–H and O–H groups in total. The van der Waals surface area contributed by atoms with Crippen molar-refractivity contribution in [1.29, 1.82) is 0 Å². The molecule has 0 bridgehead atoms.